The summed E-state index contributed by atoms with van der Waals surface area (Å²) < 4.78 is 10.4. The third-order valence-electron chi connectivity index (χ3n) is 4.30. The van der Waals surface area contributed by atoms with E-state index in [1.54, 1.807) is 6.07 Å². The van der Waals surface area contributed by atoms with Crippen LogP contribution in [0, 0.1) is 10.1 Å². The first-order valence-corrected chi connectivity index (χ1v) is 10.0. The fraction of sp³-hybridized carbons (Fsp3) is 0.100. The normalized spacial score (nSPS) is 14.9. The van der Waals surface area contributed by atoms with E-state index in [2.05, 4.69) is 5.10 Å². The topological polar surface area (TPSA) is 132 Å². The Labute approximate surface area is 191 Å². The SMILES string of the molecule is COc1ccc(/C=C2/SC(=S)N(/N=C/c3ccccc3[N+](=O)[O-])C2=O)c(C(=O)O)c1OC. The van der Waals surface area contributed by atoms with E-state index in [1.807, 2.05) is 0 Å². The molecule has 0 atom stereocenters. The lowest BCUT2D eigenvalue weighted by Crippen LogP contribution is -2.22. The van der Waals surface area contributed by atoms with Crippen molar-refractivity contribution in [2.24, 2.45) is 5.10 Å². The molecule has 1 heterocycles. The third-order valence-corrected chi connectivity index (χ3v) is 5.58. The van der Waals surface area contributed by atoms with Gasteiger partial charge in [0.2, 0.25) is 0 Å². The molecule has 164 valence electrons. The number of benzene rings is 2. The monoisotopic (exact) mass is 473 g/mol. The predicted molar refractivity (Wildman–Crippen MR) is 122 cm³/mol. The van der Waals surface area contributed by atoms with Crippen LogP contribution in [0.1, 0.15) is 21.5 Å². The molecular formula is C20H15N3O7S2. The molecule has 1 fully saturated rings. The van der Waals surface area contributed by atoms with Crippen molar-refractivity contribution in [3.05, 3.63) is 68.1 Å². The molecule has 1 aliphatic heterocycles. The summed E-state index contributed by atoms with van der Waals surface area (Å²) in [6, 6.07) is 8.91. The number of thioether (sulfide) groups is 1. The Hall–Kier alpha value is -3.77. The number of methoxy groups -OCH3 is 2. The number of ether oxygens (including phenoxy) is 2. The largest absolute Gasteiger partial charge is 0.493 e. The molecule has 2 aromatic carbocycles. The lowest BCUT2D eigenvalue weighted by molar-refractivity contribution is -0.385. The summed E-state index contributed by atoms with van der Waals surface area (Å²) in [5, 5.41) is 25.7. The van der Waals surface area contributed by atoms with E-state index in [1.165, 1.54) is 56.8 Å². The second-order valence-electron chi connectivity index (χ2n) is 6.12. The molecule has 0 bridgehead atoms. The van der Waals surface area contributed by atoms with Gasteiger partial charge in [0.1, 0.15) is 5.56 Å². The lowest BCUT2D eigenvalue weighted by atomic mass is 10.0. The highest BCUT2D eigenvalue weighted by Gasteiger charge is 2.33. The minimum absolute atomic E-state index is 0.0126. The van der Waals surface area contributed by atoms with Gasteiger partial charge in [0.15, 0.2) is 15.8 Å². The van der Waals surface area contributed by atoms with Gasteiger partial charge in [-0.1, -0.05) is 30.0 Å². The average molecular weight is 473 g/mol. The highest BCUT2D eigenvalue weighted by Crippen LogP contribution is 2.38. The van der Waals surface area contributed by atoms with Crippen molar-refractivity contribution in [3.8, 4) is 11.5 Å². The second kappa shape index (κ2) is 9.58. The first-order valence-electron chi connectivity index (χ1n) is 8.82. The summed E-state index contributed by atoms with van der Waals surface area (Å²) in [6.07, 6.45) is 2.54. The van der Waals surface area contributed by atoms with Gasteiger partial charge in [-0.2, -0.15) is 10.1 Å². The summed E-state index contributed by atoms with van der Waals surface area (Å²) in [5.41, 5.74) is 0.0519. The number of amides is 1. The van der Waals surface area contributed by atoms with Crippen LogP contribution in [0.15, 0.2) is 46.4 Å². The Morgan fingerprint density at radius 2 is 1.94 bits per heavy atom. The molecule has 0 saturated carbocycles. The van der Waals surface area contributed by atoms with Crippen LogP contribution in [0.5, 0.6) is 11.5 Å². The maximum atomic E-state index is 12.8. The number of thiocarbonyl (C=S) groups is 1. The first kappa shape index (κ1) is 22.9. The molecular weight excluding hydrogens is 458 g/mol. The number of rotatable bonds is 7. The van der Waals surface area contributed by atoms with Gasteiger partial charge in [-0.25, -0.2) is 4.79 Å². The number of para-hydroxylation sites is 1. The van der Waals surface area contributed by atoms with E-state index < -0.39 is 16.8 Å². The highest BCUT2D eigenvalue weighted by molar-refractivity contribution is 8.26. The van der Waals surface area contributed by atoms with Gasteiger partial charge in [-0.15, -0.1) is 0 Å². The van der Waals surface area contributed by atoms with E-state index in [4.69, 9.17) is 21.7 Å². The van der Waals surface area contributed by atoms with Crippen molar-refractivity contribution in [3.63, 3.8) is 0 Å². The van der Waals surface area contributed by atoms with Crippen LogP contribution < -0.4 is 9.47 Å². The molecule has 1 N–H and O–H groups in total. The summed E-state index contributed by atoms with van der Waals surface area (Å²) in [5.74, 6) is -1.62. The van der Waals surface area contributed by atoms with Gasteiger partial charge < -0.3 is 14.6 Å². The van der Waals surface area contributed by atoms with Gasteiger partial charge in [0, 0.05) is 6.07 Å². The lowest BCUT2D eigenvalue weighted by Gasteiger charge is -2.12. The zero-order valence-electron chi connectivity index (χ0n) is 16.7. The van der Waals surface area contributed by atoms with Crippen LogP contribution in [0.4, 0.5) is 5.69 Å². The Bertz CT molecular complexity index is 1190. The van der Waals surface area contributed by atoms with E-state index in [0.717, 1.165) is 16.8 Å². The number of carboxylic acid groups (broad SMARTS) is 1. The molecule has 1 saturated heterocycles. The number of carboxylic acids is 1. The molecule has 0 radical (unpaired) electrons. The Kier molecular flexibility index (Phi) is 6.85. The van der Waals surface area contributed by atoms with E-state index in [0.29, 0.717) is 0 Å². The van der Waals surface area contributed by atoms with Crippen molar-refractivity contribution >= 4 is 58.2 Å². The number of nitro groups is 1. The fourth-order valence-electron chi connectivity index (χ4n) is 2.87. The Morgan fingerprint density at radius 3 is 2.56 bits per heavy atom. The molecule has 1 amide bonds. The third kappa shape index (κ3) is 4.45. The van der Waals surface area contributed by atoms with Crippen molar-refractivity contribution in [2.75, 3.05) is 14.2 Å². The maximum absolute atomic E-state index is 12.8. The second-order valence-corrected chi connectivity index (χ2v) is 7.80. The van der Waals surface area contributed by atoms with Gasteiger partial charge in [0.05, 0.1) is 35.8 Å². The maximum Gasteiger partial charge on any atom is 0.340 e. The number of hydrazone groups is 1. The van der Waals surface area contributed by atoms with Crippen LogP contribution in [0.3, 0.4) is 0 Å². The van der Waals surface area contributed by atoms with Crippen molar-refractivity contribution in [1.29, 1.82) is 0 Å². The molecule has 0 spiro atoms. The Balaban J connectivity index is 1.97. The fourth-order valence-corrected chi connectivity index (χ4v) is 4.03. The van der Waals surface area contributed by atoms with Gasteiger partial charge in [0.25, 0.3) is 11.6 Å². The van der Waals surface area contributed by atoms with Crippen molar-refractivity contribution in [2.45, 2.75) is 0 Å². The van der Waals surface area contributed by atoms with Gasteiger partial charge in [-0.3, -0.25) is 14.9 Å². The average Bonchev–Trinajstić information content (AvgIpc) is 3.03. The standard InChI is InChI=1S/C20H15N3O7S2/c1-29-14-8-7-11(16(19(25)26)17(14)30-2)9-15-18(24)22(20(31)32-15)21-10-12-5-3-4-6-13(12)23(27)28/h3-10H,1-2H3,(H,25,26)/b15-9+,21-10+. The molecule has 1 aliphatic rings. The number of hydrogen-bond donors (Lipinski definition) is 1. The summed E-state index contributed by atoms with van der Waals surface area (Å²) >= 11 is 6.12. The highest BCUT2D eigenvalue weighted by atomic mass is 32.2. The zero-order valence-corrected chi connectivity index (χ0v) is 18.3. The van der Waals surface area contributed by atoms with E-state index >= 15 is 0 Å². The number of aromatic carboxylic acids is 1. The minimum Gasteiger partial charge on any atom is -0.493 e. The van der Waals surface area contributed by atoms with Gasteiger partial charge in [-0.05, 0) is 36.0 Å². The predicted octanol–water partition coefficient (Wildman–Crippen LogP) is 3.55. The smallest absolute Gasteiger partial charge is 0.340 e. The van der Waals surface area contributed by atoms with Crippen molar-refractivity contribution < 1.29 is 29.1 Å². The summed E-state index contributed by atoms with van der Waals surface area (Å²) in [6.45, 7) is 0. The van der Waals surface area contributed by atoms with Gasteiger partial charge >= 0.3 is 5.97 Å². The molecule has 12 heteroatoms. The number of nitrogens with zero attached hydrogens (tertiary/aromatic N) is 3. The summed E-state index contributed by atoms with van der Waals surface area (Å²) in [4.78, 5) is 35.4. The van der Waals surface area contributed by atoms with Crippen LogP contribution in [-0.2, 0) is 4.79 Å². The zero-order chi connectivity index (χ0) is 23.4. The molecule has 2 aromatic rings. The number of carbonyl (C=O) groups excluding carboxylic acids is 1. The van der Waals surface area contributed by atoms with Crippen LogP contribution in [0.2, 0.25) is 0 Å². The number of hydrogen-bond acceptors (Lipinski definition) is 9. The van der Waals surface area contributed by atoms with E-state index in [-0.39, 0.29) is 43.1 Å². The molecule has 0 aromatic heterocycles. The first-order chi connectivity index (χ1) is 15.3. The molecule has 32 heavy (non-hydrogen) atoms. The van der Waals surface area contributed by atoms with E-state index in [9.17, 15) is 24.8 Å². The van der Waals surface area contributed by atoms with Crippen LogP contribution in [-0.4, -0.2) is 51.7 Å². The Morgan fingerprint density at radius 1 is 1.22 bits per heavy atom. The molecule has 3 rings (SSSR count). The number of carbonyl (C=O) groups is 2. The van der Waals surface area contributed by atoms with Crippen LogP contribution in [0.25, 0.3) is 6.08 Å². The number of nitro benzene ring substituents is 1. The summed E-state index contributed by atoms with van der Waals surface area (Å²) in [7, 11) is 2.69. The molecule has 10 nitrogen and oxygen atoms in total. The minimum atomic E-state index is -1.27. The van der Waals surface area contributed by atoms with Crippen molar-refractivity contribution in [1.82, 2.24) is 5.01 Å². The molecule has 0 unspecified atom stereocenters. The quantitative estimate of drug-likeness (QED) is 0.211. The van der Waals surface area contributed by atoms with Crippen LogP contribution >= 0.6 is 24.0 Å². The molecule has 0 aliphatic carbocycles.